The molecule has 3 nitrogen and oxygen atoms in total. The molecule has 2 aliphatic rings. The van der Waals surface area contributed by atoms with Crippen molar-refractivity contribution >= 4 is 5.91 Å². The average molecular weight is 258 g/mol. The van der Waals surface area contributed by atoms with Gasteiger partial charge in [0.25, 0.3) is 0 Å². The third kappa shape index (κ3) is 2.16. The first-order valence-electron chi connectivity index (χ1n) is 7.31. The predicted octanol–water partition coefficient (Wildman–Crippen LogP) is 2.44. The third-order valence-electron chi connectivity index (χ3n) is 4.78. The average Bonchev–Trinajstić information content (AvgIpc) is 2.91. The second-order valence-electron chi connectivity index (χ2n) is 5.98. The van der Waals surface area contributed by atoms with Crippen molar-refractivity contribution in [3.05, 3.63) is 35.4 Å². The molecule has 1 aliphatic heterocycles. The zero-order valence-corrected chi connectivity index (χ0v) is 11.4. The molecular weight excluding hydrogens is 236 g/mol. The molecular formula is C16H22N2O. The van der Waals surface area contributed by atoms with Crippen LogP contribution in [0, 0.1) is 5.41 Å². The fourth-order valence-corrected chi connectivity index (χ4v) is 3.55. The Labute approximate surface area is 114 Å². The first-order chi connectivity index (χ1) is 9.25. The van der Waals surface area contributed by atoms with Gasteiger partial charge in [0.2, 0.25) is 5.91 Å². The highest BCUT2D eigenvalue weighted by Crippen LogP contribution is 2.39. The normalized spacial score (nSPS) is 21.2. The molecule has 1 heterocycles. The summed E-state index contributed by atoms with van der Waals surface area (Å²) in [6.07, 6.45) is 5.47. The summed E-state index contributed by atoms with van der Waals surface area (Å²) in [4.78, 5) is 14.9. The van der Waals surface area contributed by atoms with Crippen LogP contribution < -0.4 is 5.73 Å². The van der Waals surface area contributed by atoms with Crippen LogP contribution >= 0.6 is 0 Å². The minimum absolute atomic E-state index is 0.277. The Balaban J connectivity index is 1.78. The van der Waals surface area contributed by atoms with Gasteiger partial charge in [0.1, 0.15) is 0 Å². The van der Waals surface area contributed by atoms with E-state index in [9.17, 15) is 4.79 Å². The maximum Gasteiger partial charge on any atom is 0.230 e. The lowest BCUT2D eigenvalue weighted by Crippen LogP contribution is -2.47. The zero-order chi connectivity index (χ0) is 13.3. The van der Waals surface area contributed by atoms with Crippen LogP contribution in [0.5, 0.6) is 0 Å². The van der Waals surface area contributed by atoms with Gasteiger partial charge in [-0.2, -0.15) is 0 Å². The molecule has 0 aromatic heterocycles. The molecule has 0 radical (unpaired) electrons. The molecule has 1 saturated carbocycles. The van der Waals surface area contributed by atoms with Gasteiger partial charge in [-0.1, -0.05) is 43.5 Å². The second-order valence-corrected chi connectivity index (χ2v) is 5.98. The molecule has 1 aliphatic carbocycles. The van der Waals surface area contributed by atoms with Crippen LogP contribution in [0.3, 0.4) is 0 Å². The third-order valence-corrected chi connectivity index (χ3v) is 4.78. The maximum atomic E-state index is 12.9. The number of carbonyl (C=O) groups excluding carboxylic acids is 1. The van der Waals surface area contributed by atoms with Gasteiger partial charge in [0, 0.05) is 19.6 Å². The minimum Gasteiger partial charge on any atom is -0.333 e. The number of carbonyl (C=O) groups is 1. The van der Waals surface area contributed by atoms with E-state index in [0.717, 1.165) is 38.8 Å². The van der Waals surface area contributed by atoms with Crippen LogP contribution in [0.4, 0.5) is 0 Å². The lowest BCUT2D eigenvalue weighted by molar-refractivity contribution is -0.144. The van der Waals surface area contributed by atoms with Gasteiger partial charge in [0.05, 0.1) is 5.41 Å². The van der Waals surface area contributed by atoms with E-state index in [1.165, 1.54) is 17.5 Å². The van der Waals surface area contributed by atoms with Gasteiger partial charge in [-0.05, 0) is 24.0 Å². The summed E-state index contributed by atoms with van der Waals surface area (Å²) in [6, 6.07) is 8.34. The van der Waals surface area contributed by atoms with Crippen molar-refractivity contribution in [1.82, 2.24) is 4.90 Å². The van der Waals surface area contributed by atoms with Gasteiger partial charge >= 0.3 is 0 Å². The van der Waals surface area contributed by atoms with E-state index in [1.54, 1.807) is 0 Å². The number of amides is 1. The molecule has 0 unspecified atom stereocenters. The van der Waals surface area contributed by atoms with E-state index in [1.807, 2.05) is 17.0 Å². The molecule has 2 N–H and O–H groups in total. The molecule has 0 bridgehead atoms. The summed E-state index contributed by atoms with van der Waals surface area (Å²) in [5.74, 6) is 0.283. The van der Waals surface area contributed by atoms with Crippen LogP contribution in [0.2, 0.25) is 0 Å². The number of hydrogen-bond donors (Lipinski definition) is 1. The molecule has 0 spiro atoms. The van der Waals surface area contributed by atoms with Gasteiger partial charge in [-0.15, -0.1) is 0 Å². The standard InChI is InChI=1S/C16H22N2O/c17-12-16(8-4-1-5-9-16)15(19)18-10-13-6-2-3-7-14(13)11-18/h2-3,6-7H,1,4-5,8-12,17H2. The topological polar surface area (TPSA) is 46.3 Å². The summed E-state index contributed by atoms with van der Waals surface area (Å²) in [7, 11) is 0. The molecule has 1 aromatic carbocycles. The smallest absolute Gasteiger partial charge is 0.230 e. The van der Waals surface area contributed by atoms with Crippen molar-refractivity contribution in [1.29, 1.82) is 0 Å². The Morgan fingerprint density at radius 2 is 1.68 bits per heavy atom. The molecule has 1 amide bonds. The molecule has 0 saturated heterocycles. The van der Waals surface area contributed by atoms with E-state index in [-0.39, 0.29) is 11.3 Å². The first kappa shape index (κ1) is 12.7. The summed E-state index contributed by atoms with van der Waals surface area (Å²) in [6.45, 7) is 2.02. The number of nitrogens with two attached hydrogens (primary N) is 1. The predicted molar refractivity (Wildman–Crippen MR) is 75.3 cm³/mol. The molecule has 3 heteroatoms. The van der Waals surface area contributed by atoms with Gasteiger partial charge in [-0.3, -0.25) is 4.79 Å². The van der Waals surface area contributed by atoms with E-state index in [0.29, 0.717) is 6.54 Å². The van der Waals surface area contributed by atoms with Crippen molar-refractivity contribution in [3.63, 3.8) is 0 Å². The zero-order valence-electron chi connectivity index (χ0n) is 11.4. The van der Waals surface area contributed by atoms with E-state index >= 15 is 0 Å². The molecule has 3 rings (SSSR count). The van der Waals surface area contributed by atoms with Crippen molar-refractivity contribution < 1.29 is 4.79 Å². The van der Waals surface area contributed by atoms with Crippen molar-refractivity contribution in [2.75, 3.05) is 6.54 Å². The Morgan fingerprint density at radius 3 is 2.21 bits per heavy atom. The number of nitrogens with zero attached hydrogens (tertiary/aromatic N) is 1. The lowest BCUT2D eigenvalue weighted by Gasteiger charge is -2.37. The SMILES string of the molecule is NCC1(C(=O)N2Cc3ccccc3C2)CCCCC1. The summed E-state index contributed by atoms with van der Waals surface area (Å²) in [5, 5.41) is 0. The van der Waals surface area contributed by atoms with Gasteiger partial charge < -0.3 is 10.6 Å². The fourth-order valence-electron chi connectivity index (χ4n) is 3.55. The molecule has 102 valence electrons. The Kier molecular flexibility index (Phi) is 3.31. The lowest BCUT2D eigenvalue weighted by atomic mass is 9.73. The first-order valence-corrected chi connectivity index (χ1v) is 7.31. The molecule has 19 heavy (non-hydrogen) atoms. The maximum absolute atomic E-state index is 12.9. The summed E-state index contributed by atoms with van der Waals surface area (Å²) in [5.41, 5.74) is 8.27. The summed E-state index contributed by atoms with van der Waals surface area (Å²) < 4.78 is 0. The highest BCUT2D eigenvalue weighted by Gasteiger charge is 2.42. The Bertz CT molecular complexity index is 452. The molecule has 1 fully saturated rings. The molecule has 0 atom stereocenters. The van der Waals surface area contributed by atoms with Crippen LogP contribution in [-0.4, -0.2) is 17.4 Å². The Morgan fingerprint density at radius 1 is 1.11 bits per heavy atom. The summed E-state index contributed by atoms with van der Waals surface area (Å²) >= 11 is 0. The van der Waals surface area contributed by atoms with Crippen LogP contribution in [0.15, 0.2) is 24.3 Å². The molecule has 1 aromatic rings. The number of rotatable bonds is 2. The van der Waals surface area contributed by atoms with Gasteiger partial charge in [-0.25, -0.2) is 0 Å². The number of fused-ring (bicyclic) bond motifs is 1. The van der Waals surface area contributed by atoms with Crippen LogP contribution in [0.25, 0.3) is 0 Å². The second kappa shape index (κ2) is 4.97. The van der Waals surface area contributed by atoms with Gasteiger partial charge in [0.15, 0.2) is 0 Å². The number of hydrogen-bond acceptors (Lipinski definition) is 2. The van der Waals surface area contributed by atoms with E-state index in [2.05, 4.69) is 12.1 Å². The minimum atomic E-state index is -0.277. The largest absolute Gasteiger partial charge is 0.333 e. The fraction of sp³-hybridized carbons (Fsp3) is 0.562. The van der Waals surface area contributed by atoms with E-state index in [4.69, 9.17) is 5.73 Å². The monoisotopic (exact) mass is 258 g/mol. The highest BCUT2D eigenvalue weighted by molar-refractivity contribution is 5.83. The highest BCUT2D eigenvalue weighted by atomic mass is 16.2. The van der Waals surface area contributed by atoms with Crippen molar-refractivity contribution in [2.24, 2.45) is 11.1 Å². The van der Waals surface area contributed by atoms with Crippen molar-refractivity contribution in [3.8, 4) is 0 Å². The van der Waals surface area contributed by atoms with Crippen molar-refractivity contribution in [2.45, 2.75) is 45.2 Å². The quantitative estimate of drug-likeness (QED) is 0.885. The van der Waals surface area contributed by atoms with E-state index < -0.39 is 0 Å². The Hall–Kier alpha value is -1.35. The van der Waals surface area contributed by atoms with Crippen LogP contribution in [0.1, 0.15) is 43.2 Å². The van der Waals surface area contributed by atoms with Crippen LogP contribution in [-0.2, 0) is 17.9 Å². The number of benzene rings is 1.